The number of carbonyl (C=O) groups is 2. The monoisotopic (exact) mass is 426 g/mol. The third kappa shape index (κ3) is 4.46. The van der Waals surface area contributed by atoms with Crippen LogP contribution in [-0.2, 0) is 11.2 Å². The van der Waals surface area contributed by atoms with E-state index < -0.39 is 0 Å². The van der Waals surface area contributed by atoms with Crippen molar-refractivity contribution in [1.29, 1.82) is 0 Å². The fourth-order valence-electron chi connectivity index (χ4n) is 3.70. The third-order valence-electron chi connectivity index (χ3n) is 5.35. The second-order valence-electron chi connectivity index (χ2n) is 7.25. The van der Waals surface area contributed by atoms with Gasteiger partial charge in [-0.15, -0.1) is 11.3 Å². The Hall–Kier alpha value is -2.37. The van der Waals surface area contributed by atoms with Crippen LogP contribution < -0.4 is 0 Å². The third-order valence-corrected chi connectivity index (χ3v) is 7.01. The van der Waals surface area contributed by atoms with Crippen molar-refractivity contribution in [1.82, 2.24) is 9.80 Å². The lowest BCUT2D eigenvalue weighted by Crippen LogP contribution is -2.50. The van der Waals surface area contributed by atoms with Crippen LogP contribution in [0.2, 0.25) is 5.02 Å². The quantitative estimate of drug-likeness (QED) is 0.584. The fraction of sp³-hybridized carbons (Fsp3) is 0.304. The lowest BCUT2D eigenvalue weighted by molar-refractivity contribution is -0.132. The second-order valence-corrected chi connectivity index (χ2v) is 8.68. The van der Waals surface area contributed by atoms with Gasteiger partial charge >= 0.3 is 0 Å². The minimum absolute atomic E-state index is 0.0348. The average Bonchev–Trinajstić information content (AvgIpc) is 3.11. The molecule has 1 aliphatic heterocycles. The number of rotatable bonds is 5. The Morgan fingerprint density at radius 3 is 2.28 bits per heavy atom. The topological polar surface area (TPSA) is 40.6 Å². The molecule has 0 N–H and O–H groups in total. The van der Waals surface area contributed by atoms with Gasteiger partial charge < -0.3 is 9.80 Å². The number of amides is 2. The van der Waals surface area contributed by atoms with E-state index in [2.05, 4.69) is 12.1 Å². The van der Waals surface area contributed by atoms with Gasteiger partial charge in [0.25, 0.3) is 5.91 Å². The van der Waals surface area contributed by atoms with E-state index in [-0.39, 0.29) is 11.8 Å². The molecule has 29 heavy (non-hydrogen) atoms. The fourth-order valence-corrected chi connectivity index (χ4v) is 5.18. The molecule has 0 aliphatic carbocycles. The van der Waals surface area contributed by atoms with E-state index in [9.17, 15) is 9.59 Å². The molecule has 0 spiro atoms. The van der Waals surface area contributed by atoms with Crippen molar-refractivity contribution >= 4 is 44.8 Å². The van der Waals surface area contributed by atoms with Gasteiger partial charge in [-0.25, -0.2) is 0 Å². The summed E-state index contributed by atoms with van der Waals surface area (Å²) < 4.78 is 1.02. The van der Waals surface area contributed by atoms with Crippen LogP contribution in [0, 0.1) is 0 Å². The molecule has 1 saturated heterocycles. The number of nitrogens with zero attached hydrogens (tertiary/aromatic N) is 2. The summed E-state index contributed by atoms with van der Waals surface area (Å²) in [5, 5.41) is 1.46. The van der Waals surface area contributed by atoms with Crippen LogP contribution in [-0.4, -0.2) is 47.8 Å². The van der Waals surface area contributed by atoms with E-state index in [1.165, 1.54) is 16.9 Å². The summed E-state index contributed by atoms with van der Waals surface area (Å²) in [5.41, 5.74) is 1.26. The predicted octanol–water partition coefficient (Wildman–Crippen LogP) is 4.86. The molecule has 3 aromatic rings. The summed E-state index contributed by atoms with van der Waals surface area (Å²) in [6.07, 6.45) is 2.31. The van der Waals surface area contributed by atoms with Gasteiger partial charge in [-0.2, -0.15) is 0 Å². The van der Waals surface area contributed by atoms with Crippen LogP contribution in [0.4, 0.5) is 0 Å². The van der Waals surface area contributed by atoms with Crippen molar-refractivity contribution in [2.45, 2.75) is 19.3 Å². The van der Waals surface area contributed by atoms with E-state index in [0.717, 1.165) is 22.9 Å². The molecule has 0 bridgehead atoms. The molecule has 1 aromatic heterocycles. The van der Waals surface area contributed by atoms with Gasteiger partial charge in [0, 0.05) is 42.7 Å². The first-order valence-electron chi connectivity index (χ1n) is 9.91. The first kappa shape index (κ1) is 19.9. The highest BCUT2D eigenvalue weighted by Crippen LogP contribution is 2.36. The molecule has 150 valence electrons. The molecule has 2 amide bonds. The molecule has 6 heteroatoms. The molecule has 2 aromatic carbocycles. The molecule has 0 unspecified atom stereocenters. The van der Waals surface area contributed by atoms with Crippen LogP contribution >= 0.6 is 22.9 Å². The van der Waals surface area contributed by atoms with Crippen molar-refractivity contribution in [3.8, 4) is 0 Å². The number of benzene rings is 2. The van der Waals surface area contributed by atoms with Gasteiger partial charge in [-0.05, 0) is 24.5 Å². The summed E-state index contributed by atoms with van der Waals surface area (Å²) in [6.45, 7) is 2.26. The van der Waals surface area contributed by atoms with Gasteiger partial charge in [0.2, 0.25) is 5.91 Å². The molecular formula is C23H23ClN2O2S. The highest BCUT2D eigenvalue weighted by Gasteiger charge is 2.27. The smallest absolute Gasteiger partial charge is 0.265 e. The number of aryl methyl sites for hydroxylation is 1. The molecule has 0 saturated carbocycles. The Bertz CT molecular complexity index is 1010. The number of thiophene rings is 1. The Morgan fingerprint density at radius 2 is 1.55 bits per heavy atom. The van der Waals surface area contributed by atoms with Gasteiger partial charge in [0.05, 0.1) is 5.02 Å². The van der Waals surface area contributed by atoms with Gasteiger partial charge in [0.15, 0.2) is 0 Å². The number of fused-ring (bicyclic) bond motifs is 1. The molecule has 4 nitrogen and oxygen atoms in total. The van der Waals surface area contributed by atoms with E-state index in [4.69, 9.17) is 11.6 Å². The molecule has 2 heterocycles. The highest BCUT2D eigenvalue weighted by molar-refractivity contribution is 7.21. The molecule has 1 aliphatic rings. The number of hydrogen-bond acceptors (Lipinski definition) is 3. The number of halogens is 1. The van der Waals surface area contributed by atoms with E-state index in [1.807, 2.05) is 52.3 Å². The van der Waals surface area contributed by atoms with Gasteiger partial charge in [0.1, 0.15) is 4.88 Å². The van der Waals surface area contributed by atoms with Crippen molar-refractivity contribution < 1.29 is 9.59 Å². The lowest BCUT2D eigenvalue weighted by atomic mass is 10.1. The Kier molecular flexibility index (Phi) is 6.16. The normalized spacial score (nSPS) is 14.4. The summed E-state index contributed by atoms with van der Waals surface area (Å²) in [5.74, 6) is 0.139. The van der Waals surface area contributed by atoms with E-state index in [1.54, 1.807) is 0 Å². The lowest BCUT2D eigenvalue weighted by Gasteiger charge is -2.34. The molecular weight excluding hydrogens is 404 g/mol. The van der Waals surface area contributed by atoms with Crippen molar-refractivity contribution in [3.05, 3.63) is 70.1 Å². The van der Waals surface area contributed by atoms with Gasteiger partial charge in [-0.3, -0.25) is 9.59 Å². The summed E-state index contributed by atoms with van der Waals surface area (Å²) in [4.78, 5) is 29.7. The minimum Gasteiger partial charge on any atom is -0.339 e. The standard InChI is InChI=1S/C23H23ClN2O2S/c24-21-18-10-4-5-11-19(18)29-22(21)23(28)26-15-13-25(14-16-26)20(27)12-6-9-17-7-2-1-3-8-17/h1-5,7-8,10-11H,6,9,12-16H2. The number of hydrogen-bond donors (Lipinski definition) is 0. The Morgan fingerprint density at radius 1 is 0.897 bits per heavy atom. The second kappa shape index (κ2) is 8.97. The molecule has 0 atom stereocenters. The average molecular weight is 427 g/mol. The van der Waals surface area contributed by atoms with Crippen molar-refractivity contribution in [2.75, 3.05) is 26.2 Å². The molecule has 0 radical (unpaired) electrons. The van der Waals surface area contributed by atoms with Crippen molar-refractivity contribution in [2.24, 2.45) is 0 Å². The summed E-state index contributed by atoms with van der Waals surface area (Å²) in [7, 11) is 0. The minimum atomic E-state index is -0.0348. The first-order valence-corrected chi connectivity index (χ1v) is 11.1. The zero-order valence-corrected chi connectivity index (χ0v) is 17.7. The summed E-state index contributed by atoms with van der Waals surface area (Å²) >= 11 is 7.89. The van der Waals surface area contributed by atoms with E-state index >= 15 is 0 Å². The molecule has 1 fully saturated rings. The predicted molar refractivity (Wildman–Crippen MR) is 119 cm³/mol. The summed E-state index contributed by atoms with van der Waals surface area (Å²) in [6, 6.07) is 18.0. The maximum Gasteiger partial charge on any atom is 0.265 e. The zero-order chi connectivity index (χ0) is 20.2. The van der Waals surface area contributed by atoms with Crippen molar-refractivity contribution in [3.63, 3.8) is 0 Å². The van der Waals surface area contributed by atoms with Crippen LogP contribution in [0.5, 0.6) is 0 Å². The zero-order valence-electron chi connectivity index (χ0n) is 16.1. The highest BCUT2D eigenvalue weighted by atomic mass is 35.5. The van der Waals surface area contributed by atoms with Crippen LogP contribution in [0.25, 0.3) is 10.1 Å². The Labute approximate surface area is 179 Å². The SMILES string of the molecule is O=C(CCCc1ccccc1)N1CCN(C(=O)c2sc3ccccc3c2Cl)CC1. The maximum absolute atomic E-state index is 12.9. The Balaban J connectivity index is 1.30. The number of carbonyl (C=O) groups excluding carboxylic acids is 2. The molecule has 4 rings (SSSR count). The van der Waals surface area contributed by atoms with Gasteiger partial charge in [-0.1, -0.05) is 60.1 Å². The van der Waals surface area contributed by atoms with Crippen LogP contribution in [0.3, 0.4) is 0 Å². The van der Waals surface area contributed by atoms with Crippen LogP contribution in [0.15, 0.2) is 54.6 Å². The van der Waals surface area contributed by atoms with Crippen LogP contribution in [0.1, 0.15) is 28.1 Å². The largest absolute Gasteiger partial charge is 0.339 e. The number of piperazine rings is 1. The maximum atomic E-state index is 12.9. The van der Waals surface area contributed by atoms with E-state index in [0.29, 0.717) is 42.5 Å². The first-order chi connectivity index (χ1) is 14.1.